The lowest BCUT2D eigenvalue weighted by Gasteiger charge is -2.12. The van der Waals surface area contributed by atoms with Crippen molar-refractivity contribution in [3.8, 4) is 11.5 Å². The van der Waals surface area contributed by atoms with Crippen LogP contribution in [0.15, 0.2) is 16.6 Å². The molecule has 84 valence electrons. The molecule has 0 heterocycles. The predicted octanol–water partition coefficient (Wildman–Crippen LogP) is 3.80. The third-order valence-corrected chi connectivity index (χ3v) is 2.55. The molecule has 0 bridgehead atoms. The van der Waals surface area contributed by atoms with E-state index in [1.807, 2.05) is 0 Å². The van der Waals surface area contributed by atoms with Crippen molar-refractivity contribution in [3.05, 3.63) is 22.2 Å². The highest BCUT2D eigenvalue weighted by molar-refractivity contribution is 9.10. The Morgan fingerprint density at radius 2 is 2.13 bits per heavy atom. The Labute approximate surface area is 99.3 Å². The first kappa shape index (κ1) is 12.5. The van der Waals surface area contributed by atoms with Gasteiger partial charge in [-0.15, -0.1) is 11.6 Å². The zero-order chi connectivity index (χ0) is 11.4. The summed E-state index contributed by atoms with van der Waals surface area (Å²) < 4.78 is 33.8. The second-order valence-corrected chi connectivity index (χ2v) is 3.74. The fraction of sp³-hybridized carbons (Fsp3) is 0.333. The van der Waals surface area contributed by atoms with E-state index in [0.29, 0.717) is 4.47 Å². The minimum absolute atomic E-state index is 0.0265. The van der Waals surface area contributed by atoms with Gasteiger partial charge < -0.3 is 9.47 Å². The van der Waals surface area contributed by atoms with Crippen molar-refractivity contribution >= 4 is 27.5 Å². The summed E-state index contributed by atoms with van der Waals surface area (Å²) in [5, 5.41) is 0. The average molecular weight is 302 g/mol. The Morgan fingerprint density at radius 3 is 2.60 bits per heavy atom. The van der Waals surface area contributed by atoms with Gasteiger partial charge in [-0.3, -0.25) is 0 Å². The number of hydrogen-bond donors (Lipinski definition) is 0. The zero-order valence-corrected chi connectivity index (χ0v) is 10.1. The average Bonchev–Trinajstić information content (AvgIpc) is 2.20. The number of rotatable bonds is 4. The van der Waals surface area contributed by atoms with E-state index in [9.17, 15) is 8.78 Å². The van der Waals surface area contributed by atoms with Gasteiger partial charge >= 0.3 is 6.61 Å². The van der Waals surface area contributed by atoms with E-state index in [4.69, 9.17) is 16.3 Å². The standard InChI is InChI=1S/C9H8BrClF2O2/c1-14-7-3-5(4-11)2-6(10)8(7)15-9(12)13/h2-3,9H,4H2,1H3. The first-order valence-electron chi connectivity index (χ1n) is 3.95. The molecule has 6 heteroatoms. The summed E-state index contributed by atoms with van der Waals surface area (Å²) in [5.41, 5.74) is 0.752. The molecule has 0 saturated carbocycles. The number of ether oxygens (including phenoxy) is 2. The van der Waals surface area contributed by atoms with E-state index in [1.54, 1.807) is 12.1 Å². The summed E-state index contributed by atoms with van der Waals surface area (Å²) in [6.45, 7) is -2.89. The van der Waals surface area contributed by atoms with Crippen LogP contribution in [0.25, 0.3) is 0 Å². The van der Waals surface area contributed by atoms with Crippen LogP contribution in [-0.4, -0.2) is 13.7 Å². The third kappa shape index (κ3) is 3.21. The van der Waals surface area contributed by atoms with E-state index < -0.39 is 6.61 Å². The molecule has 0 radical (unpaired) electrons. The van der Waals surface area contributed by atoms with Crippen LogP contribution >= 0.6 is 27.5 Å². The lowest BCUT2D eigenvalue weighted by Crippen LogP contribution is -2.04. The van der Waals surface area contributed by atoms with Gasteiger partial charge in [0, 0.05) is 5.88 Å². The van der Waals surface area contributed by atoms with Gasteiger partial charge in [0.25, 0.3) is 0 Å². The van der Waals surface area contributed by atoms with Gasteiger partial charge in [-0.2, -0.15) is 8.78 Å². The lowest BCUT2D eigenvalue weighted by atomic mass is 10.2. The molecule has 15 heavy (non-hydrogen) atoms. The summed E-state index contributed by atoms with van der Waals surface area (Å²) in [6.07, 6.45) is 0. The topological polar surface area (TPSA) is 18.5 Å². The Balaban J connectivity index is 3.12. The second kappa shape index (κ2) is 5.51. The number of methoxy groups -OCH3 is 1. The zero-order valence-electron chi connectivity index (χ0n) is 7.77. The molecular formula is C9H8BrClF2O2. The van der Waals surface area contributed by atoms with Crippen LogP contribution in [0.3, 0.4) is 0 Å². The molecule has 0 atom stereocenters. The molecule has 0 amide bonds. The number of benzene rings is 1. The van der Waals surface area contributed by atoms with Crippen LogP contribution in [0.4, 0.5) is 8.78 Å². The van der Waals surface area contributed by atoms with Gasteiger partial charge in [-0.05, 0) is 33.6 Å². The van der Waals surface area contributed by atoms with E-state index in [0.717, 1.165) is 5.56 Å². The van der Waals surface area contributed by atoms with Crippen LogP contribution in [0.5, 0.6) is 11.5 Å². The third-order valence-electron chi connectivity index (χ3n) is 1.65. The lowest BCUT2D eigenvalue weighted by molar-refractivity contribution is -0.0517. The van der Waals surface area contributed by atoms with Crippen molar-refractivity contribution in [2.45, 2.75) is 12.5 Å². The Morgan fingerprint density at radius 1 is 1.47 bits per heavy atom. The highest BCUT2D eigenvalue weighted by atomic mass is 79.9. The number of alkyl halides is 3. The van der Waals surface area contributed by atoms with Gasteiger partial charge in [-0.1, -0.05) is 0 Å². The van der Waals surface area contributed by atoms with E-state index in [2.05, 4.69) is 20.7 Å². The number of hydrogen-bond acceptors (Lipinski definition) is 2. The SMILES string of the molecule is COc1cc(CCl)cc(Br)c1OC(F)F. The van der Waals surface area contributed by atoms with Gasteiger partial charge in [0.15, 0.2) is 11.5 Å². The smallest absolute Gasteiger partial charge is 0.387 e. The molecule has 0 aliphatic heterocycles. The second-order valence-electron chi connectivity index (χ2n) is 2.62. The Kier molecular flexibility index (Phi) is 4.60. The summed E-state index contributed by atoms with van der Waals surface area (Å²) in [7, 11) is 1.37. The highest BCUT2D eigenvalue weighted by Gasteiger charge is 2.15. The van der Waals surface area contributed by atoms with Crippen molar-refractivity contribution in [1.29, 1.82) is 0 Å². The predicted molar refractivity (Wildman–Crippen MR) is 56.9 cm³/mol. The largest absolute Gasteiger partial charge is 0.493 e. The van der Waals surface area contributed by atoms with Crippen molar-refractivity contribution < 1.29 is 18.3 Å². The summed E-state index contributed by atoms with van der Waals surface area (Å²) in [5.74, 6) is 0.464. The monoisotopic (exact) mass is 300 g/mol. The molecule has 2 nitrogen and oxygen atoms in total. The van der Waals surface area contributed by atoms with Crippen LogP contribution in [0.1, 0.15) is 5.56 Å². The van der Waals surface area contributed by atoms with Crippen molar-refractivity contribution in [2.75, 3.05) is 7.11 Å². The van der Waals surface area contributed by atoms with Crippen molar-refractivity contribution in [2.24, 2.45) is 0 Å². The highest BCUT2D eigenvalue weighted by Crippen LogP contribution is 2.37. The first-order valence-corrected chi connectivity index (χ1v) is 5.28. The molecule has 0 aliphatic rings. The van der Waals surface area contributed by atoms with Crippen LogP contribution in [0.2, 0.25) is 0 Å². The minimum atomic E-state index is -2.89. The van der Waals surface area contributed by atoms with Gasteiger partial charge in [0.2, 0.25) is 0 Å². The molecule has 0 aliphatic carbocycles. The quantitative estimate of drug-likeness (QED) is 0.788. The van der Waals surface area contributed by atoms with Gasteiger partial charge in [-0.25, -0.2) is 0 Å². The minimum Gasteiger partial charge on any atom is -0.493 e. The molecule has 0 unspecified atom stereocenters. The maximum absolute atomic E-state index is 12.1. The maximum Gasteiger partial charge on any atom is 0.387 e. The fourth-order valence-corrected chi connectivity index (χ4v) is 1.79. The van der Waals surface area contributed by atoms with Gasteiger partial charge in [0.1, 0.15) is 0 Å². The van der Waals surface area contributed by atoms with Crippen molar-refractivity contribution in [1.82, 2.24) is 0 Å². The summed E-state index contributed by atoms with van der Waals surface area (Å²) >= 11 is 8.73. The van der Waals surface area contributed by atoms with Crippen LogP contribution in [0, 0.1) is 0 Å². The van der Waals surface area contributed by atoms with E-state index in [-0.39, 0.29) is 17.4 Å². The fourth-order valence-electron chi connectivity index (χ4n) is 1.05. The van der Waals surface area contributed by atoms with Crippen LogP contribution in [-0.2, 0) is 5.88 Å². The molecule has 0 N–H and O–H groups in total. The molecule has 0 saturated heterocycles. The maximum atomic E-state index is 12.1. The Bertz CT molecular complexity index is 347. The molecule has 1 aromatic carbocycles. The first-order chi connectivity index (χ1) is 7.08. The van der Waals surface area contributed by atoms with E-state index in [1.165, 1.54) is 7.11 Å². The number of halogens is 4. The molecule has 1 aromatic rings. The van der Waals surface area contributed by atoms with Crippen LogP contribution < -0.4 is 9.47 Å². The normalized spacial score (nSPS) is 10.5. The summed E-state index contributed by atoms with van der Waals surface area (Å²) in [4.78, 5) is 0. The van der Waals surface area contributed by atoms with E-state index >= 15 is 0 Å². The molecule has 1 rings (SSSR count). The Hall–Kier alpha value is -0.550. The molecule has 0 spiro atoms. The van der Waals surface area contributed by atoms with Crippen molar-refractivity contribution in [3.63, 3.8) is 0 Å². The van der Waals surface area contributed by atoms with Gasteiger partial charge in [0.05, 0.1) is 11.6 Å². The summed E-state index contributed by atoms with van der Waals surface area (Å²) in [6, 6.07) is 3.16. The molecule has 0 aromatic heterocycles. The molecule has 0 fully saturated rings. The molecular weight excluding hydrogens is 293 g/mol.